The van der Waals surface area contributed by atoms with E-state index in [1.54, 1.807) is 6.08 Å². The average Bonchev–Trinajstić information content (AvgIpc) is 2.68. The first kappa shape index (κ1) is 11.3. The Morgan fingerprint density at radius 3 is 3.12 bits per heavy atom. The van der Waals surface area contributed by atoms with Gasteiger partial charge in [-0.05, 0) is 25.1 Å². The summed E-state index contributed by atoms with van der Waals surface area (Å²) in [4.78, 5) is 14.8. The molecule has 2 rings (SSSR count). The van der Waals surface area contributed by atoms with E-state index >= 15 is 0 Å². The van der Waals surface area contributed by atoms with Gasteiger partial charge in [-0.15, -0.1) is 6.58 Å². The topological polar surface area (TPSA) is 56.9 Å². The van der Waals surface area contributed by atoms with Crippen LogP contribution in [0.5, 0.6) is 0 Å². The predicted octanol–water partition coefficient (Wildman–Crippen LogP) is 2.78. The van der Waals surface area contributed by atoms with Gasteiger partial charge < -0.3 is 15.6 Å². The van der Waals surface area contributed by atoms with E-state index in [0.29, 0.717) is 6.54 Å². The van der Waals surface area contributed by atoms with Crippen LogP contribution < -0.4 is 10.6 Å². The second kappa shape index (κ2) is 4.74. The smallest absolute Gasteiger partial charge is 0.319 e. The van der Waals surface area contributed by atoms with E-state index in [0.717, 1.165) is 22.3 Å². The van der Waals surface area contributed by atoms with Gasteiger partial charge in [0.15, 0.2) is 0 Å². The van der Waals surface area contributed by atoms with E-state index in [4.69, 9.17) is 0 Å². The summed E-state index contributed by atoms with van der Waals surface area (Å²) in [6, 6.07) is 7.55. The normalized spacial score (nSPS) is 10.2. The molecular weight excluding hydrogens is 214 g/mol. The molecule has 1 aromatic carbocycles. The number of hydrogen-bond acceptors (Lipinski definition) is 1. The molecule has 0 atom stereocenters. The molecular formula is C13H15N3O. The molecule has 1 aromatic heterocycles. The number of aryl methyl sites for hydroxylation is 1. The Morgan fingerprint density at radius 2 is 2.35 bits per heavy atom. The van der Waals surface area contributed by atoms with Crippen LogP contribution in [0, 0.1) is 6.92 Å². The minimum absolute atomic E-state index is 0.226. The molecule has 0 spiro atoms. The van der Waals surface area contributed by atoms with Crippen molar-refractivity contribution in [1.29, 1.82) is 0 Å². The zero-order valence-corrected chi connectivity index (χ0v) is 9.71. The molecule has 0 aliphatic rings. The fraction of sp³-hybridized carbons (Fsp3) is 0.154. The molecule has 3 N–H and O–H groups in total. The third kappa shape index (κ3) is 2.47. The van der Waals surface area contributed by atoms with Gasteiger partial charge in [-0.2, -0.15) is 0 Å². The highest BCUT2D eigenvalue weighted by atomic mass is 16.2. The number of aromatic amines is 1. The van der Waals surface area contributed by atoms with E-state index in [9.17, 15) is 4.79 Å². The molecule has 88 valence electrons. The number of anilines is 1. The van der Waals surface area contributed by atoms with Crippen LogP contribution >= 0.6 is 0 Å². The zero-order chi connectivity index (χ0) is 12.3. The number of carbonyl (C=O) groups is 1. The summed E-state index contributed by atoms with van der Waals surface area (Å²) in [7, 11) is 0. The molecule has 0 bridgehead atoms. The Balaban J connectivity index is 2.23. The maximum Gasteiger partial charge on any atom is 0.319 e. The molecule has 2 amide bonds. The Bertz CT molecular complexity index is 557. The van der Waals surface area contributed by atoms with E-state index in [-0.39, 0.29) is 6.03 Å². The van der Waals surface area contributed by atoms with Crippen LogP contribution in [0.3, 0.4) is 0 Å². The lowest BCUT2D eigenvalue weighted by Crippen LogP contribution is -2.28. The first-order chi connectivity index (χ1) is 8.20. The molecule has 4 nitrogen and oxygen atoms in total. The van der Waals surface area contributed by atoms with Gasteiger partial charge in [0.2, 0.25) is 0 Å². The van der Waals surface area contributed by atoms with Gasteiger partial charge in [0, 0.05) is 23.1 Å². The Kier molecular flexibility index (Phi) is 3.14. The molecule has 0 saturated heterocycles. The summed E-state index contributed by atoms with van der Waals surface area (Å²) < 4.78 is 0. The fourth-order valence-corrected chi connectivity index (χ4v) is 1.74. The van der Waals surface area contributed by atoms with Crippen LogP contribution in [-0.2, 0) is 0 Å². The summed E-state index contributed by atoms with van der Waals surface area (Å²) in [5.41, 5.74) is 2.89. The molecule has 2 aromatic rings. The number of aromatic nitrogens is 1. The van der Waals surface area contributed by atoms with E-state index in [1.165, 1.54) is 0 Å². The quantitative estimate of drug-likeness (QED) is 0.696. The first-order valence-electron chi connectivity index (χ1n) is 5.45. The van der Waals surface area contributed by atoms with E-state index < -0.39 is 0 Å². The lowest BCUT2D eigenvalue weighted by molar-refractivity contribution is 0.253. The van der Waals surface area contributed by atoms with Crippen LogP contribution in [0.15, 0.2) is 36.9 Å². The molecule has 0 fully saturated rings. The number of amides is 2. The van der Waals surface area contributed by atoms with Gasteiger partial charge in [-0.3, -0.25) is 0 Å². The predicted molar refractivity (Wildman–Crippen MR) is 70.3 cm³/mol. The summed E-state index contributed by atoms with van der Waals surface area (Å²) in [6.45, 7) is 5.99. The van der Waals surface area contributed by atoms with Crippen molar-refractivity contribution in [3.05, 3.63) is 42.6 Å². The van der Waals surface area contributed by atoms with Crippen molar-refractivity contribution < 1.29 is 4.79 Å². The first-order valence-corrected chi connectivity index (χ1v) is 5.45. The summed E-state index contributed by atoms with van der Waals surface area (Å²) >= 11 is 0. The van der Waals surface area contributed by atoms with Gasteiger partial charge in [0.25, 0.3) is 0 Å². The minimum Gasteiger partial charge on any atom is -0.359 e. The molecule has 4 heteroatoms. The second-order valence-corrected chi connectivity index (χ2v) is 3.84. The van der Waals surface area contributed by atoms with Crippen molar-refractivity contribution in [3.63, 3.8) is 0 Å². The highest BCUT2D eigenvalue weighted by molar-refractivity contribution is 6.00. The number of fused-ring (bicyclic) bond motifs is 1. The summed E-state index contributed by atoms with van der Waals surface area (Å²) in [5, 5.41) is 6.50. The van der Waals surface area contributed by atoms with Gasteiger partial charge in [-0.1, -0.05) is 12.1 Å². The Labute approximate surface area is 99.7 Å². The zero-order valence-electron chi connectivity index (χ0n) is 9.71. The van der Waals surface area contributed by atoms with E-state index in [2.05, 4.69) is 22.2 Å². The highest BCUT2D eigenvalue weighted by Gasteiger charge is 2.06. The van der Waals surface area contributed by atoms with Gasteiger partial charge in [-0.25, -0.2) is 4.79 Å². The molecule has 1 heterocycles. The SMILES string of the molecule is C=CCNC(=O)Nc1cccc2[nH]c(C)cc12. The van der Waals surface area contributed by atoms with Gasteiger partial charge in [0.05, 0.1) is 5.69 Å². The maximum absolute atomic E-state index is 11.5. The summed E-state index contributed by atoms with van der Waals surface area (Å²) in [6.07, 6.45) is 1.64. The van der Waals surface area contributed by atoms with Crippen LogP contribution in [-0.4, -0.2) is 17.6 Å². The van der Waals surface area contributed by atoms with Crippen LogP contribution in [0.25, 0.3) is 10.9 Å². The average molecular weight is 229 g/mol. The van der Waals surface area contributed by atoms with Crippen molar-refractivity contribution >= 4 is 22.6 Å². The number of urea groups is 1. The van der Waals surface area contributed by atoms with Gasteiger partial charge >= 0.3 is 6.03 Å². The van der Waals surface area contributed by atoms with Crippen LogP contribution in [0.2, 0.25) is 0 Å². The lowest BCUT2D eigenvalue weighted by atomic mass is 10.2. The maximum atomic E-state index is 11.5. The molecule has 0 radical (unpaired) electrons. The largest absolute Gasteiger partial charge is 0.359 e. The van der Waals surface area contributed by atoms with Crippen molar-refractivity contribution in [2.24, 2.45) is 0 Å². The van der Waals surface area contributed by atoms with Crippen molar-refractivity contribution in [2.45, 2.75) is 6.92 Å². The number of benzene rings is 1. The van der Waals surface area contributed by atoms with Crippen molar-refractivity contribution in [1.82, 2.24) is 10.3 Å². The monoisotopic (exact) mass is 229 g/mol. The van der Waals surface area contributed by atoms with Crippen molar-refractivity contribution in [2.75, 3.05) is 11.9 Å². The lowest BCUT2D eigenvalue weighted by Gasteiger charge is -2.06. The summed E-state index contributed by atoms with van der Waals surface area (Å²) in [5.74, 6) is 0. The molecule has 0 saturated carbocycles. The minimum atomic E-state index is -0.226. The molecule has 0 aliphatic heterocycles. The van der Waals surface area contributed by atoms with Crippen LogP contribution in [0.4, 0.5) is 10.5 Å². The molecule has 0 aliphatic carbocycles. The third-order valence-electron chi connectivity index (χ3n) is 2.45. The number of carbonyl (C=O) groups excluding carboxylic acids is 1. The third-order valence-corrected chi connectivity index (χ3v) is 2.45. The Hall–Kier alpha value is -2.23. The Morgan fingerprint density at radius 1 is 1.53 bits per heavy atom. The second-order valence-electron chi connectivity index (χ2n) is 3.84. The van der Waals surface area contributed by atoms with Crippen LogP contribution in [0.1, 0.15) is 5.69 Å². The molecule has 17 heavy (non-hydrogen) atoms. The standard InChI is InChI=1S/C13H15N3O/c1-3-7-14-13(17)16-12-6-4-5-11-10(12)8-9(2)15-11/h3-6,8,15H,1,7H2,2H3,(H2,14,16,17). The van der Waals surface area contributed by atoms with Gasteiger partial charge in [0.1, 0.15) is 0 Å². The number of H-pyrrole nitrogens is 1. The van der Waals surface area contributed by atoms with Crippen molar-refractivity contribution in [3.8, 4) is 0 Å². The number of hydrogen-bond donors (Lipinski definition) is 3. The number of nitrogens with one attached hydrogen (secondary N) is 3. The van der Waals surface area contributed by atoms with E-state index in [1.807, 2.05) is 31.2 Å². The molecule has 0 unspecified atom stereocenters. The highest BCUT2D eigenvalue weighted by Crippen LogP contribution is 2.23. The fourth-order valence-electron chi connectivity index (χ4n) is 1.74. The number of rotatable bonds is 3.